The number of nitrogens with one attached hydrogen (secondary N) is 2. The molecular weight excluding hydrogens is 280 g/mol. The third-order valence-corrected chi connectivity index (χ3v) is 3.52. The second-order valence-corrected chi connectivity index (χ2v) is 5.24. The predicted molar refractivity (Wildman–Crippen MR) is 82.9 cm³/mol. The van der Waals surface area contributed by atoms with Gasteiger partial charge in [0.2, 0.25) is 0 Å². The molecular formula is C16H18N4O2. The number of benzene rings is 1. The van der Waals surface area contributed by atoms with Gasteiger partial charge in [0.15, 0.2) is 0 Å². The summed E-state index contributed by atoms with van der Waals surface area (Å²) in [6.07, 6.45) is 3.95. The van der Waals surface area contributed by atoms with Crippen molar-refractivity contribution in [2.24, 2.45) is 0 Å². The van der Waals surface area contributed by atoms with Crippen molar-refractivity contribution < 1.29 is 9.53 Å². The summed E-state index contributed by atoms with van der Waals surface area (Å²) in [6.45, 7) is 0.379. The van der Waals surface area contributed by atoms with Crippen LogP contribution in [0.15, 0.2) is 36.7 Å². The van der Waals surface area contributed by atoms with Gasteiger partial charge in [-0.3, -0.25) is 0 Å². The second kappa shape index (κ2) is 6.43. The van der Waals surface area contributed by atoms with E-state index in [0.29, 0.717) is 18.2 Å². The summed E-state index contributed by atoms with van der Waals surface area (Å²) in [5.41, 5.74) is 2.60. The molecule has 1 heterocycles. The van der Waals surface area contributed by atoms with E-state index in [1.54, 1.807) is 37.7 Å². The van der Waals surface area contributed by atoms with E-state index in [9.17, 15) is 4.79 Å². The Morgan fingerprint density at radius 3 is 2.73 bits per heavy atom. The van der Waals surface area contributed by atoms with E-state index in [-0.39, 0.29) is 6.03 Å². The first-order valence-corrected chi connectivity index (χ1v) is 7.24. The molecule has 114 valence electrons. The Morgan fingerprint density at radius 2 is 2.05 bits per heavy atom. The van der Waals surface area contributed by atoms with Crippen LogP contribution in [-0.2, 0) is 6.54 Å². The molecule has 0 aliphatic heterocycles. The van der Waals surface area contributed by atoms with Crippen LogP contribution < -0.4 is 15.4 Å². The van der Waals surface area contributed by atoms with Gasteiger partial charge in [0.1, 0.15) is 12.1 Å². The van der Waals surface area contributed by atoms with Gasteiger partial charge in [0.05, 0.1) is 19.3 Å². The summed E-state index contributed by atoms with van der Waals surface area (Å²) in [5.74, 6) is 1.33. The summed E-state index contributed by atoms with van der Waals surface area (Å²) in [4.78, 5) is 20.3. The number of carbonyl (C=O) groups is 1. The van der Waals surface area contributed by atoms with Crippen LogP contribution in [0.1, 0.15) is 30.1 Å². The van der Waals surface area contributed by atoms with Crippen LogP contribution in [0.25, 0.3) is 0 Å². The maximum Gasteiger partial charge on any atom is 0.319 e. The van der Waals surface area contributed by atoms with Crippen molar-refractivity contribution in [1.29, 1.82) is 0 Å². The van der Waals surface area contributed by atoms with Crippen molar-refractivity contribution in [1.82, 2.24) is 15.3 Å². The molecule has 2 amide bonds. The first-order valence-electron chi connectivity index (χ1n) is 7.24. The standard InChI is InChI=1S/C16H18N4O2/c1-22-14-6-4-12(5-7-14)20-16(21)17-9-13-8-15(11-2-3-11)19-10-18-13/h4-8,10-11H,2-3,9H2,1H3,(H2,17,20,21). The zero-order valence-corrected chi connectivity index (χ0v) is 12.4. The number of amides is 2. The average Bonchev–Trinajstić information content (AvgIpc) is 3.39. The molecule has 0 radical (unpaired) electrons. The lowest BCUT2D eigenvalue weighted by Gasteiger charge is -2.08. The number of hydrogen-bond acceptors (Lipinski definition) is 4. The smallest absolute Gasteiger partial charge is 0.319 e. The molecule has 1 aliphatic rings. The second-order valence-electron chi connectivity index (χ2n) is 5.24. The minimum absolute atomic E-state index is 0.267. The summed E-state index contributed by atoms with van der Waals surface area (Å²) < 4.78 is 5.07. The zero-order chi connectivity index (χ0) is 15.4. The van der Waals surface area contributed by atoms with E-state index in [4.69, 9.17) is 4.74 Å². The Balaban J connectivity index is 1.52. The lowest BCUT2D eigenvalue weighted by Crippen LogP contribution is -2.28. The van der Waals surface area contributed by atoms with Crippen LogP contribution in [0.2, 0.25) is 0 Å². The molecule has 1 aromatic heterocycles. The number of hydrogen-bond donors (Lipinski definition) is 2. The molecule has 1 fully saturated rings. The molecule has 1 aliphatic carbocycles. The van der Waals surface area contributed by atoms with Gasteiger partial charge in [-0.05, 0) is 43.2 Å². The molecule has 1 saturated carbocycles. The van der Waals surface area contributed by atoms with Gasteiger partial charge in [-0.1, -0.05) is 0 Å². The number of nitrogens with zero attached hydrogens (tertiary/aromatic N) is 2. The minimum atomic E-state index is -0.267. The van der Waals surface area contributed by atoms with Gasteiger partial charge < -0.3 is 15.4 Å². The van der Waals surface area contributed by atoms with Gasteiger partial charge in [-0.15, -0.1) is 0 Å². The number of carbonyl (C=O) groups excluding carboxylic acids is 1. The molecule has 6 nitrogen and oxygen atoms in total. The molecule has 0 atom stereocenters. The number of urea groups is 1. The Labute approximate surface area is 128 Å². The predicted octanol–water partition coefficient (Wildman–Crippen LogP) is 2.68. The molecule has 1 aromatic carbocycles. The highest BCUT2D eigenvalue weighted by atomic mass is 16.5. The Bertz CT molecular complexity index is 653. The third kappa shape index (κ3) is 3.72. The van der Waals surface area contributed by atoms with E-state index in [1.165, 1.54) is 12.8 Å². The number of rotatable bonds is 5. The molecule has 2 aromatic rings. The van der Waals surface area contributed by atoms with Crippen molar-refractivity contribution in [2.75, 3.05) is 12.4 Å². The highest BCUT2D eigenvalue weighted by molar-refractivity contribution is 5.89. The topological polar surface area (TPSA) is 76.1 Å². The van der Waals surface area contributed by atoms with Gasteiger partial charge in [-0.2, -0.15) is 0 Å². The van der Waals surface area contributed by atoms with Gasteiger partial charge in [0.25, 0.3) is 0 Å². The fourth-order valence-corrected chi connectivity index (χ4v) is 2.13. The van der Waals surface area contributed by atoms with Crippen LogP contribution in [0.3, 0.4) is 0 Å². The van der Waals surface area contributed by atoms with Crippen molar-refractivity contribution in [3.63, 3.8) is 0 Å². The molecule has 0 saturated heterocycles. The van der Waals surface area contributed by atoms with Crippen molar-refractivity contribution in [3.05, 3.63) is 48.0 Å². The quantitative estimate of drug-likeness (QED) is 0.890. The monoisotopic (exact) mass is 298 g/mol. The first-order chi connectivity index (χ1) is 10.7. The van der Waals surface area contributed by atoms with Crippen molar-refractivity contribution in [3.8, 4) is 5.75 Å². The molecule has 2 N–H and O–H groups in total. The summed E-state index contributed by atoms with van der Waals surface area (Å²) in [6, 6.07) is 8.86. The molecule has 0 unspecified atom stereocenters. The Kier molecular flexibility index (Phi) is 4.18. The number of aromatic nitrogens is 2. The first kappa shape index (κ1) is 14.3. The van der Waals surface area contributed by atoms with E-state index >= 15 is 0 Å². The Morgan fingerprint density at radius 1 is 1.27 bits per heavy atom. The lowest BCUT2D eigenvalue weighted by atomic mass is 10.2. The maximum atomic E-state index is 11.9. The zero-order valence-electron chi connectivity index (χ0n) is 12.4. The van der Waals surface area contributed by atoms with Gasteiger partial charge >= 0.3 is 6.03 Å². The maximum absolute atomic E-state index is 11.9. The third-order valence-electron chi connectivity index (χ3n) is 3.52. The number of methoxy groups -OCH3 is 1. The van der Waals surface area contributed by atoms with E-state index in [0.717, 1.165) is 17.1 Å². The van der Waals surface area contributed by atoms with E-state index < -0.39 is 0 Å². The van der Waals surface area contributed by atoms with Crippen molar-refractivity contribution >= 4 is 11.7 Å². The SMILES string of the molecule is COc1ccc(NC(=O)NCc2cc(C3CC3)ncn2)cc1. The lowest BCUT2D eigenvalue weighted by molar-refractivity contribution is 0.251. The highest BCUT2D eigenvalue weighted by Crippen LogP contribution is 2.38. The van der Waals surface area contributed by atoms with E-state index in [2.05, 4.69) is 20.6 Å². The summed E-state index contributed by atoms with van der Waals surface area (Å²) in [7, 11) is 1.60. The van der Waals surface area contributed by atoms with E-state index in [1.807, 2.05) is 6.07 Å². The fraction of sp³-hybridized carbons (Fsp3) is 0.312. The highest BCUT2D eigenvalue weighted by Gasteiger charge is 2.25. The number of anilines is 1. The van der Waals surface area contributed by atoms with Crippen molar-refractivity contribution in [2.45, 2.75) is 25.3 Å². The number of ether oxygens (including phenoxy) is 1. The van der Waals surface area contributed by atoms with Crippen LogP contribution >= 0.6 is 0 Å². The van der Waals surface area contributed by atoms with Crippen LogP contribution in [0, 0.1) is 0 Å². The molecule has 0 bridgehead atoms. The van der Waals surface area contributed by atoms with Gasteiger partial charge in [0, 0.05) is 17.3 Å². The minimum Gasteiger partial charge on any atom is -0.497 e. The van der Waals surface area contributed by atoms with Gasteiger partial charge in [-0.25, -0.2) is 14.8 Å². The van der Waals surface area contributed by atoms with Crippen LogP contribution in [-0.4, -0.2) is 23.1 Å². The molecule has 0 spiro atoms. The molecule has 6 heteroatoms. The summed E-state index contributed by atoms with van der Waals surface area (Å²) in [5, 5.41) is 5.56. The average molecular weight is 298 g/mol. The normalized spacial score (nSPS) is 13.5. The Hall–Kier alpha value is -2.63. The van der Waals surface area contributed by atoms with Crippen LogP contribution in [0.4, 0.5) is 10.5 Å². The fourth-order valence-electron chi connectivity index (χ4n) is 2.13. The summed E-state index contributed by atoms with van der Waals surface area (Å²) >= 11 is 0. The largest absolute Gasteiger partial charge is 0.497 e. The molecule has 3 rings (SSSR count). The molecule has 22 heavy (non-hydrogen) atoms. The van der Waals surface area contributed by atoms with Crippen LogP contribution in [0.5, 0.6) is 5.75 Å².